The molecular formula is C16H33O3P. The summed E-state index contributed by atoms with van der Waals surface area (Å²) in [6.45, 7) is 14.9. The minimum atomic E-state index is -0.867. The van der Waals surface area contributed by atoms with Gasteiger partial charge in [0.25, 0.3) is 0 Å². The summed E-state index contributed by atoms with van der Waals surface area (Å²) in [7, 11) is -0.867. The van der Waals surface area contributed by atoms with Crippen molar-refractivity contribution in [1.82, 2.24) is 0 Å². The maximum Gasteiger partial charge on any atom is 0.176 e. The topological polar surface area (TPSA) is 27.7 Å². The van der Waals surface area contributed by atoms with E-state index in [2.05, 4.69) is 41.5 Å². The summed E-state index contributed by atoms with van der Waals surface area (Å²) in [5, 5.41) is 0.0575. The largest absolute Gasteiger partial charge is 0.375 e. The van der Waals surface area contributed by atoms with Crippen molar-refractivity contribution in [3.63, 3.8) is 0 Å². The maximum absolute atomic E-state index is 6.41. The standard InChI is InChI=1S/C16H33O3P/c1-7-9-14-15(11-13(3)12-17-14)19-20(16(4,5)6)18-10-8-2/h13-15H,7-12H2,1-6H3. The van der Waals surface area contributed by atoms with Gasteiger partial charge < -0.3 is 13.8 Å². The molecule has 0 amide bonds. The summed E-state index contributed by atoms with van der Waals surface area (Å²) in [5.41, 5.74) is 0. The fraction of sp³-hybridized carbons (Fsp3) is 1.00. The molecule has 0 saturated carbocycles. The third kappa shape index (κ3) is 5.97. The van der Waals surface area contributed by atoms with Crippen LogP contribution in [0.25, 0.3) is 0 Å². The van der Waals surface area contributed by atoms with Crippen molar-refractivity contribution >= 4 is 8.38 Å². The van der Waals surface area contributed by atoms with Crippen LogP contribution in [0.2, 0.25) is 0 Å². The second-order valence-corrected chi connectivity index (χ2v) is 9.23. The molecule has 4 unspecified atom stereocenters. The molecule has 0 bridgehead atoms. The van der Waals surface area contributed by atoms with Crippen molar-refractivity contribution < 1.29 is 13.8 Å². The average molecular weight is 304 g/mol. The van der Waals surface area contributed by atoms with Crippen LogP contribution in [0.1, 0.15) is 67.2 Å². The second-order valence-electron chi connectivity index (χ2n) is 6.91. The number of hydrogen-bond donors (Lipinski definition) is 0. The normalized spacial score (nSPS) is 29.4. The van der Waals surface area contributed by atoms with E-state index in [1.165, 1.54) is 0 Å². The predicted octanol–water partition coefficient (Wildman–Crippen LogP) is 5.13. The van der Waals surface area contributed by atoms with E-state index in [4.69, 9.17) is 13.8 Å². The van der Waals surface area contributed by atoms with Gasteiger partial charge in [-0.1, -0.05) is 48.0 Å². The van der Waals surface area contributed by atoms with Crippen LogP contribution >= 0.6 is 8.38 Å². The molecule has 120 valence electrons. The third-order valence-electron chi connectivity index (χ3n) is 3.41. The first-order valence-corrected chi connectivity index (χ1v) is 9.27. The Hall–Kier alpha value is 0.310. The Labute approximate surface area is 126 Å². The van der Waals surface area contributed by atoms with E-state index in [0.29, 0.717) is 5.92 Å². The Morgan fingerprint density at radius 3 is 2.45 bits per heavy atom. The molecule has 0 aromatic carbocycles. The summed E-state index contributed by atoms with van der Waals surface area (Å²) < 4.78 is 18.4. The number of ether oxygens (including phenoxy) is 1. The van der Waals surface area contributed by atoms with Gasteiger partial charge in [-0.3, -0.25) is 0 Å². The highest BCUT2D eigenvalue weighted by atomic mass is 31.2. The molecule has 1 aliphatic heterocycles. The van der Waals surface area contributed by atoms with Gasteiger partial charge in [0.2, 0.25) is 0 Å². The Bertz CT molecular complexity index is 265. The molecule has 1 rings (SSSR count). The number of hydrogen-bond acceptors (Lipinski definition) is 3. The van der Waals surface area contributed by atoms with E-state index in [9.17, 15) is 0 Å². The lowest BCUT2D eigenvalue weighted by Crippen LogP contribution is -2.39. The van der Waals surface area contributed by atoms with E-state index >= 15 is 0 Å². The van der Waals surface area contributed by atoms with Crippen LogP contribution in [0.15, 0.2) is 0 Å². The van der Waals surface area contributed by atoms with Gasteiger partial charge in [-0.25, -0.2) is 0 Å². The molecule has 0 aromatic heterocycles. The van der Waals surface area contributed by atoms with Crippen LogP contribution in [-0.4, -0.2) is 30.6 Å². The van der Waals surface area contributed by atoms with Crippen LogP contribution in [0.4, 0.5) is 0 Å². The van der Waals surface area contributed by atoms with E-state index in [1.54, 1.807) is 0 Å². The van der Waals surface area contributed by atoms with Crippen molar-refractivity contribution in [3.8, 4) is 0 Å². The molecular weight excluding hydrogens is 271 g/mol. The second kappa shape index (κ2) is 8.68. The van der Waals surface area contributed by atoms with E-state index in [1.807, 2.05) is 0 Å². The lowest BCUT2D eigenvalue weighted by Gasteiger charge is -2.39. The zero-order valence-electron chi connectivity index (χ0n) is 14.1. The van der Waals surface area contributed by atoms with Crippen LogP contribution in [0.5, 0.6) is 0 Å². The summed E-state index contributed by atoms with van der Waals surface area (Å²) >= 11 is 0. The lowest BCUT2D eigenvalue weighted by molar-refractivity contribution is -0.0885. The molecule has 4 heteroatoms. The van der Waals surface area contributed by atoms with E-state index in [0.717, 1.165) is 38.9 Å². The molecule has 1 aliphatic rings. The Kier molecular flexibility index (Phi) is 7.97. The fourth-order valence-electron chi connectivity index (χ4n) is 2.36. The SMILES string of the molecule is CCCOP(OC1CC(C)COC1CCC)C(C)(C)C. The highest BCUT2D eigenvalue weighted by molar-refractivity contribution is 7.49. The minimum Gasteiger partial charge on any atom is -0.375 e. The van der Waals surface area contributed by atoms with Crippen LogP contribution in [-0.2, 0) is 13.8 Å². The summed E-state index contributed by atoms with van der Waals surface area (Å²) in [6.07, 6.45) is 4.79. The molecule has 0 spiro atoms. The Balaban J connectivity index is 2.66. The predicted molar refractivity (Wildman–Crippen MR) is 86.2 cm³/mol. The molecule has 20 heavy (non-hydrogen) atoms. The summed E-state index contributed by atoms with van der Waals surface area (Å²) in [5.74, 6) is 0.580. The monoisotopic (exact) mass is 304 g/mol. The molecule has 4 atom stereocenters. The van der Waals surface area contributed by atoms with Gasteiger partial charge in [-0.05, 0) is 25.2 Å². The lowest BCUT2D eigenvalue weighted by atomic mass is 9.95. The minimum absolute atomic E-state index is 0.0575. The van der Waals surface area contributed by atoms with E-state index in [-0.39, 0.29) is 17.4 Å². The van der Waals surface area contributed by atoms with Crippen molar-refractivity contribution in [2.45, 2.75) is 84.6 Å². The maximum atomic E-state index is 6.41. The van der Waals surface area contributed by atoms with Gasteiger partial charge in [0.05, 0.1) is 18.8 Å². The van der Waals surface area contributed by atoms with Gasteiger partial charge >= 0.3 is 0 Å². The molecule has 3 nitrogen and oxygen atoms in total. The molecule has 1 heterocycles. The zero-order valence-corrected chi connectivity index (χ0v) is 15.0. The first-order chi connectivity index (χ1) is 9.38. The van der Waals surface area contributed by atoms with Crippen molar-refractivity contribution in [1.29, 1.82) is 0 Å². The first-order valence-electron chi connectivity index (χ1n) is 8.10. The third-order valence-corrected chi connectivity index (χ3v) is 5.38. The van der Waals surface area contributed by atoms with Crippen molar-refractivity contribution in [2.24, 2.45) is 5.92 Å². The molecule has 0 N–H and O–H groups in total. The van der Waals surface area contributed by atoms with Gasteiger partial charge in [0, 0.05) is 11.8 Å². The average Bonchev–Trinajstić information content (AvgIpc) is 2.36. The first kappa shape index (κ1) is 18.4. The van der Waals surface area contributed by atoms with Gasteiger partial charge in [0.15, 0.2) is 8.38 Å². The van der Waals surface area contributed by atoms with Crippen LogP contribution in [0.3, 0.4) is 0 Å². The molecule has 0 aromatic rings. The zero-order chi connectivity index (χ0) is 15.2. The summed E-state index contributed by atoms with van der Waals surface area (Å²) in [6, 6.07) is 0. The quantitative estimate of drug-likeness (QED) is 0.610. The molecule has 0 aliphatic carbocycles. The van der Waals surface area contributed by atoms with Gasteiger partial charge in [0.1, 0.15) is 0 Å². The van der Waals surface area contributed by atoms with Crippen LogP contribution in [0, 0.1) is 5.92 Å². The molecule has 1 saturated heterocycles. The highest BCUT2D eigenvalue weighted by Crippen LogP contribution is 2.53. The molecule has 1 fully saturated rings. The Morgan fingerprint density at radius 2 is 1.90 bits per heavy atom. The highest BCUT2D eigenvalue weighted by Gasteiger charge is 2.36. The molecule has 0 radical (unpaired) electrons. The fourth-order valence-corrected chi connectivity index (χ4v) is 3.94. The summed E-state index contributed by atoms with van der Waals surface area (Å²) in [4.78, 5) is 0. The smallest absolute Gasteiger partial charge is 0.176 e. The number of rotatable bonds is 7. The van der Waals surface area contributed by atoms with Gasteiger partial charge in [-0.15, -0.1) is 0 Å². The van der Waals surface area contributed by atoms with Crippen molar-refractivity contribution in [3.05, 3.63) is 0 Å². The van der Waals surface area contributed by atoms with E-state index < -0.39 is 8.38 Å². The van der Waals surface area contributed by atoms with Gasteiger partial charge in [-0.2, -0.15) is 0 Å². The van der Waals surface area contributed by atoms with Crippen molar-refractivity contribution in [2.75, 3.05) is 13.2 Å². The van der Waals surface area contributed by atoms with Crippen LogP contribution < -0.4 is 0 Å². The Morgan fingerprint density at radius 1 is 1.20 bits per heavy atom.